The molecule has 1 fully saturated rings. The van der Waals surface area contributed by atoms with Gasteiger partial charge >= 0.3 is 0 Å². The van der Waals surface area contributed by atoms with Gasteiger partial charge in [-0.2, -0.15) is 0 Å². The Morgan fingerprint density at radius 2 is 2.50 bits per heavy atom. The Morgan fingerprint density at radius 3 is 3.14 bits per heavy atom. The number of hydrogen-bond acceptors (Lipinski definition) is 3. The van der Waals surface area contributed by atoms with Crippen LogP contribution in [-0.2, 0) is 4.79 Å². The Bertz CT molecular complexity index is 352. The Kier molecular flexibility index (Phi) is 2.35. The van der Waals surface area contributed by atoms with Crippen molar-refractivity contribution in [1.29, 1.82) is 0 Å². The van der Waals surface area contributed by atoms with Crippen molar-refractivity contribution in [3.63, 3.8) is 0 Å². The minimum absolute atomic E-state index is 0.0462. The van der Waals surface area contributed by atoms with Gasteiger partial charge in [-0.15, -0.1) is 0 Å². The Balaban J connectivity index is 2.10. The summed E-state index contributed by atoms with van der Waals surface area (Å²) in [6, 6.07) is 3.76. The van der Waals surface area contributed by atoms with E-state index in [1.807, 2.05) is 19.1 Å². The summed E-state index contributed by atoms with van der Waals surface area (Å²) in [5.74, 6) is 0.504. The van der Waals surface area contributed by atoms with Crippen LogP contribution in [0.2, 0.25) is 0 Å². The van der Waals surface area contributed by atoms with Crippen LogP contribution in [0.15, 0.2) is 18.3 Å². The topological polar surface area (TPSA) is 51.2 Å². The van der Waals surface area contributed by atoms with Crippen LogP contribution in [-0.4, -0.2) is 23.5 Å². The number of amides is 1. The summed E-state index contributed by atoms with van der Waals surface area (Å²) in [6.07, 6.45) is 2.01. The molecule has 0 saturated carbocycles. The van der Waals surface area contributed by atoms with Gasteiger partial charge in [-0.1, -0.05) is 6.07 Å². The lowest BCUT2D eigenvalue weighted by Gasteiger charge is -2.11. The third kappa shape index (κ3) is 1.69. The molecule has 1 atom stereocenters. The quantitative estimate of drug-likeness (QED) is 0.748. The molecule has 4 heteroatoms. The highest BCUT2D eigenvalue weighted by molar-refractivity contribution is 5.83. The third-order valence-corrected chi connectivity index (χ3v) is 2.21. The SMILES string of the molecule is Cc1cccnc1OC1CCNC1=O. The van der Waals surface area contributed by atoms with Gasteiger partial charge in [0.05, 0.1) is 0 Å². The molecule has 0 bridgehead atoms. The van der Waals surface area contributed by atoms with Gasteiger partial charge in [0.2, 0.25) is 5.88 Å². The minimum Gasteiger partial charge on any atom is -0.464 e. The molecule has 1 amide bonds. The van der Waals surface area contributed by atoms with Crippen molar-refractivity contribution >= 4 is 5.91 Å². The lowest BCUT2D eigenvalue weighted by atomic mass is 10.3. The number of aryl methyl sites for hydroxylation is 1. The smallest absolute Gasteiger partial charge is 0.261 e. The number of rotatable bonds is 2. The first-order valence-electron chi connectivity index (χ1n) is 4.63. The summed E-state index contributed by atoms with van der Waals surface area (Å²) in [5, 5.41) is 2.72. The van der Waals surface area contributed by atoms with Crippen molar-refractivity contribution < 1.29 is 9.53 Å². The van der Waals surface area contributed by atoms with Crippen LogP contribution in [0.1, 0.15) is 12.0 Å². The highest BCUT2D eigenvalue weighted by Gasteiger charge is 2.26. The number of aromatic nitrogens is 1. The number of nitrogens with one attached hydrogen (secondary N) is 1. The highest BCUT2D eigenvalue weighted by atomic mass is 16.5. The molecular weight excluding hydrogens is 180 g/mol. The fraction of sp³-hybridized carbons (Fsp3) is 0.400. The van der Waals surface area contributed by atoms with Crippen LogP contribution in [0.5, 0.6) is 5.88 Å². The standard InChI is InChI=1S/C10H12N2O2/c1-7-3-2-5-12-10(7)14-8-4-6-11-9(8)13/h2-3,5,8H,4,6H2,1H3,(H,11,13). The van der Waals surface area contributed by atoms with E-state index < -0.39 is 0 Å². The van der Waals surface area contributed by atoms with Crippen LogP contribution in [0.3, 0.4) is 0 Å². The van der Waals surface area contributed by atoms with Crippen molar-refractivity contribution in [3.05, 3.63) is 23.9 Å². The molecule has 1 aliphatic heterocycles. The summed E-state index contributed by atoms with van der Waals surface area (Å²) in [6.45, 7) is 2.60. The molecule has 1 N–H and O–H groups in total. The maximum absolute atomic E-state index is 11.2. The molecular formula is C10H12N2O2. The maximum atomic E-state index is 11.2. The third-order valence-electron chi connectivity index (χ3n) is 2.21. The normalized spacial score (nSPS) is 20.6. The molecule has 74 valence electrons. The molecule has 0 spiro atoms. The van der Waals surface area contributed by atoms with E-state index in [1.54, 1.807) is 6.20 Å². The minimum atomic E-state index is -0.372. The van der Waals surface area contributed by atoms with E-state index >= 15 is 0 Å². The molecule has 4 nitrogen and oxygen atoms in total. The predicted molar refractivity (Wildman–Crippen MR) is 51.0 cm³/mol. The van der Waals surface area contributed by atoms with E-state index in [1.165, 1.54) is 0 Å². The van der Waals surface area contributed by atoms with Crippen LogP contribution < -0.4 is 10.1 Å². The second-order valence-corrected chi connectivity index (χ2v) is 3.31. The number of carbonyl (C=O) groups excluding carboxylic acids is 1. The lowest BCUT2D eigenvalue weighted by Crippen LogP contribution is -2.28. The van der Waals surface area contributed by atoms with Crippen molar-refractivity contribution in [3.8, 4) is 5.88 Å². The first-order chi connectivity index (χ1) is 6.77. The lowest BCUT2D eigenvalue weighted by molar-refractivity contribution is -0.125. The molecule has 0 aliphatic carbocycles. The van der Waals surface area contributed by atoms with Crippen molar-refractivity contribution in [2.75, 3.05) is 6.54 Å². The number of nitrogens with zero attached hydrogens (tertiary/aromatic N) is 1. The summed E-state index contributed by atoms with van der Waals surface area (Å²) in [5.41, 5.74) is 0.951. The highest BCUT2D eigenvalue weighted by Crippen LogP contribution is 2.16. The zero-order valence-electron chi connectivity index (χ0n) is 7.99. The maximum Gasteiger partial charge on any atom is 0.261 e. The van der Waals surface area contributed by atoms with Gasteiger partial charge < -0.3 is 10.1 Å². The Labute approximate surface area is 82.3 Å². The molecule has 2 heterocycles. The van der Waals surface area contributed by atoms with Crippen LogP contribution >= 0.6 is 0 Å². The second kappa shape index (κ2) is 3.65. The summed E-state index contributed by atoms with van der Waals surface area (Å²) in [4.78, 5) is 15.3. The Hall–Kier alpha value is -1.58. The second-order valence-electron chi connectivity index (χ2n) is 3.31. The number of carbonyl (C=O) groups is 1. The number of ether oxygens (including phenoxy) is 1. The molecule has 1 aromatic heterocycles. The van der Waals surface area contributed by atoms with E-state index in [0.29, 0.717) is 12.4 Å². The van der Waals surface area contributed by atoms with Gasteiger partial charge in [-0.25, -0.2) is 4.98 Å². The Morgan fingerprint density at radius 1 is 1.64 bits per heavy atom. The van der Waals surface area contributed by atoms with E-state index in [2.05, 4.69) is 10.3 Å². The first kappa shape index (κ1) is 8.99. The average molecular weight is 192 g/mol. The van der Waals surface area contributed by atoms with E-state index in [4.69, 9.17) is 4.74 Å². The van der Waals surface area contributed by atoms with Gasteiger partial charge in [-0.3, -0.25) is 4.79 Å². The van der Waals surface area contributed by atoms with Crippen molar-refractivity contribution in [1.82, 2.24) is 10.3 Å². The van der Waals surface area contributed by atoms with E-state index in [9.17, 15) is 4.79 Å². The zero-order valence-corrected chi connectivity index (χ0v) is 7.99. The number of pyridine rings is 1. The zero-order chi connectivity index (χ0) is 9.97. The van der Waals surface area contributed by atoms with Gasteiger partial charge in [-0.05, 0) is 13.0 Å². The summed E-state index contributed by atoms with van der Waals surface area (Å²) >= 11 is 0. The summed E-state index contributed by atoms with van der Waals surface area (Å²) in [7, 11) is 0. The van der Waals surface area contributed by atoms with Crippen LogP contribution in [0.25, 0.3) is 0 Å². The van der Waals surface area contributed by atoms with Crippen molar-refractivity contribution in [2.45, 2.75) is 19.4 Å². The van der Waals surface area contributed by atoms with Gasteiger partial charge in [0.15, 0.2) is 6.10 Å². The largest absolute Gasteiger partial charge is 0.464 e. The van der Waals surface area contributed by atoms with Crippen LogP contribution in [0, 0.1) is 6.92 Å². The molecule has 2 rings (SSSR count). The number of hydrogen-bond donors (Lipinski definition) is 1. The predicted octanol–water partition coefficient (Wildman–Crippen LogP) is 0.657. The molecule has 0 radical (unpaired) electrons. The van der Waals surface area contributed by atoms with Gasteiger partial charge in [0, 0.05) is 24.7 Å². The van der Waals surface area contributed by atoms with Gasteiger partial charge in [0.25, 0.3) is 5.91 Å². The molecule has 14 heavy (non-hydrogen) atoms. The first-order valence-corrected chi connectivity index (χ1v) is 4.63. The average Bonchev–Trinajstić information content (AvgIpc) is 2.56. The van der Waals surface area contributed by atoms with Gasteiger partial charge in [0.1, 0.15) is 0 Å². The monoisotopic (exact) mass is 192 g/mol. The fourth-order valence-corrected chi connectivity index (χ4v) is 1.41. The summed E-state index contributed by atoms with van der Waals surface area (Å²) < 4.78 is 5.50. The van der Waals surface area contributed by atoms with E-state index in [0.717, 1.165) is 12.0 Å². The molecule has 1 aromatic rings. The van der Waals surface area contributed by atoms with Crippen molar-refractivity contribution in [2.24, 2.45) is 0 Å². The van der Waals surface area contributed by atoms with Crippen LogP contribution in [0.4, 0.5) is 0 Å². The molecule has 1 unspecified atom stereocenters. The molecule has 1 saturated heterocycles. The molecule has 0 aromatic carbocycles. The fourth-order valence-electron chi connectivity index (χ4n) is 1.41. The molecule has 1 aliphatic rings. The van der Waals surface area contributed by atoms with E-state index in [-0.39, 0.29) is 12.0 Å².